The summed E-state index contributed by atoms with van der Waals surface area (Å²) in [5.74, 6) is 0.0306. The summed E-state index contributed by atoms with van der Waals surface area (Å²) in [6.45, 7) is 4.60. The summed E-state index contributed by atoms with van der Waals surface area (Å²) in [5, 5.41) is 8.23. The van der Waals surface area contributed by atoms with E-state index in [-0.39, 0.29) is 11.9 Å². The minimum Gasteiger partial charge on any atom is -0.374 e. The van der Waals surface area contributed by atoms with E-state index in [9.17, 15) is 4.79 Å². The molecule has 2 N–H and O–H groups in total. The average molecular weight is 288 g/mol. The highest BCUT2D eigenvalue weighted by Crippen LogP contribution is 2.11. The molecule has 1 heterocycles. The van der Waals surface area contributed by atoms with Crippen LogP contribution in [0.1, 0.15) is 17.4 Å². The summed E-state index contributed by atoms with van der Waals surface area (Å²) in [5.41, 5.74) is 2.16. The highest BCUT2D eigenvalue weighted by atomic mass is 32.1. The standard InChI is InChI=1S/C16H20N2OS/c1-12-5-3-6-14(11-12)18-13(2)16(19)17-9-8-15-7-4-10-20-15/h3-7,10-11,13,18H,8-9H2,1-2H3,(H,17,19). The first kappa shape index (κ1) is 14.6. The van der Waals surface area contributed by atoms with Gasteiger partial charge in [0, 0.05) is 17.1 Å². The molecule has 1 aromatic carbocycles. The second kappa shape index (κ2) is 7.10. The van der Waals surface area contributed by atoms with Gasteiger partial charge in [0.25, 0.3) is 0 Å². The van der Waals surface area contributed by atoms with Gasteiger partial charge in [-0.1, -0.05) is 18.2 Å². The van der Waals surface area contributed by atoms with Crippen LogP contribution in [0.25, 0.3) is 0 Å². The van der Waals surface area contributed by atoms with Crippen LogP contribution in [-0.2, 0) is 11.2 Å². The molecule has 106 valence electrons. The van der Waals surface area contributed by atoms with Gasteiger partial charge in [0.2, 0.25) is 5.91 Å². The molecule has 1 unspecified atom stereocenters. The molecule has 0 saturated heterocycles. The summed E-state index contributed by atoms with van der Waals surface area (Å²) in [6, 6.07) is 11.9. The molecule has 1 amide bonds. The maximum absolute atomic E-state index is 12.0. The molecule has 2 rings (SSSR count). The lowest BCUT2D eigenvalue weighted by Crippen LogP contribution is -2.38. The molecular weight excluding hydrogens is 268 g/mol. The lowest BCUT2D eigenvalue weighted by molar-refractivity contribution is -0.121. The topological polar surface area (TPSA) is 41.1 Å². The van der Waals surface area contributed by atoms with Crippen molar-refractivity contribution in [1.29, 1.82) is 0 Å². The predicted molar refractivity (Wildman–Crippen MR) is 85.3 cm³/mol. The van der Waals surface area contributed by atoms with Crippen LogP contribution in [0.2, 0.25) is 0 Å². The molecule has 1 atom stereocenters. The summed E-state index contributed by atoms with van der Waals surface area (Å²) in [6.07, 6.45) is 0.889. The Balaban J connectivity index is 1.77. The first-order valence-corrected chi connectivity index (χ1v) is 7.66. The van der Waals surface area contributed by atoms with Gasteiger partial charge in [-0.2, -0.15) is 0 Å². The molecule has 0 aliphatic rings. The summed E-state index contributed by atoms with van der Waals surface area (Å²) < 4.78 is 0. The van der Waals surface area contributed by atoms with Crippen molar-refractivity contribution >= 4 is 22.9 Å². The van der Waals surface area contributed by atoms with Crippen molar-refractivity contribution < 1.29 is 4.79 Å². The smallest absolute Gasteiger partial charge is 0.242 e. The largest absolute Gasteiger partial charge is 0.374 e. The fourth-order valence-electron chi connectivity index (χ4n) is 1.97. The third-order valence-electron chi connectivity index (χ3n) is 3.05. The first-order chi connectivity index (χ1) is 9.65. The quantitative estimate of drug-likeness (QED) is 0.857. The zero-order chi connectivity index (χ0) is 14.4. The van der Waals surface area contributed by atoms with Gasteiger partial charge >= 0.3 is 0 Å². The fourth-order valence-corrected chi connectivity index (χ4v) is 2.68. The maximum Gasteiger partial charge on any atom is 0.242 e. The Morgan fingerprint density at radius 3 is 2.85 bits per heavy atom. The Kier molecular flexibility index (Phi) is 5.18. The number of rotatable bonds is 6. The second-order valence-electron chi connectivity index (χ2n) is 4.86. The van der Waals surface area contributed by atoms with Crippen molar-refractivity contribution in [2.45, 2.75) is 26.3 Å². The highest BCUT2D eigenvalue weighted by Gasteiger charge is 2.11. The molecule has 0 saturated carbocycles. The monoisotopic (exact) mass is 288 g/mol. The number of hydrogen-bond acceptors (Lipinski definition) is 3. The van der Waals surface area contributed by atoms with E-state index in [1.54, 1.807) is 11.3 Å². The molecule has 2 aromatic rings. The Bertz CT molecular complexity index is 551. The van der Waals surface area contributed by atoms with Crippen molar-refractivity contribution in [1.82, 2.24) is 5.32 Å². The van der Waals surface area contributed by atoms with Gasteiger partial charge in [0.1, 0.15) is 6.04 Å². The molecule has 20 heavy (non-hydrogen) atoms. The van der Waals surface area contributed by atoms with Crippen LogP contribution in [0.5, 0.6) is 0 Å². The van der Waals surface area contributed by atoms with Crippen LogP contribution in [-0.4, -0.2) is 18.5 Å². The van der Waals surface area contributed by atoms with Crippen LogP contribution in [0.4, 0.5) is 5.69 Å². The highest BCUT2D eigenvalue weighted by molar-refractivity contribution is 7.09. The van der Waals surface area contributed by atoms with Gasteiger partial charge in [0.05, 0.1) is 0 Å². The van der Waals surface area contributed by atoms with Crippen LogP contribution < -0.4 is 10.6 Å². The molecule has 0 spiro atoms. The van der Waals surface area contributed by atoms with Crippen LogP contribution in [0.3, 0.4) is 0 Å². The van der Waals surface area contributed by atoms with E-state index in [0.717, 1.165) is 12.1 Å². The normalized spacial score (nSPS) is 11.9. The van der Waals surface area contributed by atoms with Crippen LogP contribution in [0, 0.1) is 6.92 Å². The maximum atomic E-state index is 12.0. The number of carbonyl (C=O) groups is 1. The third kappa shape index (κ3) is 4.38. The van der Waals surface area contributed by atoms with Crippen molar-refractivity contribution in [2.75, 3.05) is 11.9 Å². The second-order valence-corrected chi connectivity index (χ2v) is 5.89. The van der Waals surface area contributed by atoms with E-state index < -0.39 is 0 Å². The third-order valence-corrected chi connectivity index (χ3v) is 3.98. The van der Waals surface area contributed by atoms with Crippen molar-refractivity contribution in [2.24, 2.45) is 0 Å². The number of hydrogen-bond donors (Lipinski definition) is 2. The first-order valence-electron chi connectivity index (χ1n) is 6.78. The van der Waals surface area contributed by atoms with Gasteiger partial charge in [-0.05, 0) is 49.4 Å². The zero-order valence-electron chi connectivity index (χ0n) is 11.8. The Morgan fingerprint density at radius 1 is 1.30 bits per heavy atom. The lowest BCUT2D eigenvalue weighted by Gasteiger charge is -2.15. The fraction of sp³-hybridized carbons (Fsp3) is 0.312. The molecular formula is C16H20N2OS. The molecule has 0 aliphatic heterocycles. The van der Waals surface area contributed by atoms with Crippen molar-refractivity contribution in [3.63, 3.8) is 0 Å². The minimum atomic E-state index is -0.236. The van der Waals surface area contributed by atoms with E-state index in [0.29, 0.717) is 6.54 Å². The Labute approximate surface area is 124 Å². The number of amides is 1. The van der Waals surface area contributed by atoms with E-state index >= 15 is 0 Å². The summed E-state index contributed by atoms with van der Waals surface area (Å²) >= 11 is 1.72. The lowest BCUT2D eigenvalue weighted by atomic mass is 10.2. The van der Waals surface area contributed by atoms with E-state index in [4.69, 9.17) is 0 Å². The molecule has 0 radical (unpaired) electrons. The Morgan fingerprint density at radius 2 is 2.15 bits per heavy atom. The molecule has 0 aliphatic carbocycles. The van der Waals surface area contributed by atoms with Crippen LogP contribution in [0.15, 0.2) is 41.8 Å². The molecule has 3 nitrogen and oxygen atoms in total. The van der Waals surface area contributed by atoms with Crippen LogP contribution >= 0.6 is 11.3 Å². The molecule has 1 aromatic heterocycles. The van der Waals surface area contributed by atoms with Gasteiger partial charge in [-0.15, -0.1) is 11.3 Å². The predicted octanol–water partition coefficient (Wildman–Crippen LogP) is 3.22. The van der Waals surface area contributed by atoms with Crippen molar-refractivity contribution in [3.8, 4) is 0 Å². The zero-order valence-corrected chi connectivity index (χ0v) is 12.7. The summed E-state index contributed by atoms with van der Waals surface area (Å²) in [4.78, 5) is 13.3. The van der Waals surface area contributed by atoms with Crippen molar-refractivity contribution in [3.05, 3.63) is 52.2 Å². The number of carbonyl (C=O) groups excluding carboxylic acids is 1. The number of benzene rings is 1. The Hall–Kier alpha value is -1.81. The van der Waals surface area contributed by atoms with E-state index in [2.05, 4.69) is 22.1 Å². The number of nitrogens with one attached hydrogen (secondary N) is 2. The summed E-state index contributed by atoms with van der Waals surface area (Å²) in [7, 11) is 0. The van der Waals surface area contributed by atoms with E-state index in [1.165, 1.54) is 10.4 Å². The van der Waals surface area contributed by atoms with Gasteiger partial charge < -0.3 is 10.6 Å². The molecule has 0 bridgehead atoms. The molecule has 4 heteroatoms. The van der Waals surface area contributed by atoms with Gasteiger partial charge in [-0.3, -0.25) is 4.79 Å². The van der Waals surface area contributed by atoms with Gasteiger partial charge in [0.15, 0.2) is 0 Å². The van der Waals surface area contributed by atoms with Gasteiger partial charge in [-0.25, -0.2) is 0 Å². The number of aryl methyl sites for hydroxylation is 1. The van der Waals surface area contributed by atoms with E-state index in [1.807, 2.05) is 44.2 Å². The SMILES string of the molecule is Cc1cccc(NC(C)C(=O)NCCc2cccs2)c1. The average Bonchev–Trinajstić information content (AvgIpc) is 2.91. The molecule has 0 fully saturated rings. The minimum absolute atomic E-state index is 0.0306. The number of anilines is 1. The number of thiophene rings is 1.